The minimum absolute atomic E-state index is 0.0991. The first-order chi connectivity index (χ1) is 10.5. The highest BCUT2D eigenvalue weighted by Crippen LogP contribution is 2.42. The van der Waals surface area contributed by atoms with Crippen molar-refractivity contribution in [1.82, 2.24) is 5.32 Å². The average molecular weight is 309 g/mol. The van der Waals surface area contributed by atoms with Gasteiger partial charge in [-0.3, -0.25) is 4.79 Å². The summed E-state index contributed by atoms with van der Waals surface area (Å²) in [6.45, 7) is 0. The Hall–Kier alpha value is -1.49. The molecule has 3 rings (SSSR count). The molecule has 3 nitrogen and oxygen atoms in total. The summed E-state index contributed by atoms with van der Waals surface area (Å²) in [6.07, 6.45) is 5.04. The van der Waals surface area contributed by atoms with Crippen LogP contribution in [-0.4, -0.2) is 22.7 Å². The van der Waals surface area contributed by atoms with Crippen LogP contribution < -0.4 is 5.32 Å². The molecule has 0 aliphatic heterocycles. The molecule has 0 aromatic heterocycles. The van der Waals surface area contributed by atoms with Crippen LogP contribution in [0.2, 0.25) is 0 Å². The van der Waals surface area contributed by atoms with Gasteiger partial charge in [-0.1, -0.05) is 31.4 Å². The molecule has 2 aliphatic rings. The molecular weight excluding hydrogens is 288 g/mol. The molecule has 0 saturated heterocycles. The molecule has 1 amide bonds. The molecule has 1 aromatic carbocycles. The van der Waals surface area contributed by atoms with Gasteiger partial charge in [0.05, 0.1) is 12.0 Å². The molecule has 22 heavy (non-hydrogen) atoms. The Morgan fingerprint density at radius 3 is 2.73 bits per heavy atom. The van der Waals surface area contributed by atoms with E-state index in [4.69, 9.17) is 0 Å². The summed E-state index contributed by atoms with van der Waals surface area (Å²) in [5.41, 5.74) is -0.571. The van der Waals surface area contributed by atoms with Crippen LogP contribution in [0.4, 0.5) is 8.78 Å². The van der Waals surface area contributed by atoms with E-state index in [1.807, 2.05) is 0 Å². The van der Waals surface area contributed by atoms with Gasteiger partial charge in [-0.15, -0.1) is 0 Å². The maximum absolute atomic E-state index is 13.7. The Morgan fingerprint density at radius 2 is 2.00 bits per heavy atom. The number of benzene rings is 1. The normalized spacial score (nSPS) is 26.5. The molecule has 2 atom stereocenters. The molecule has 5 heteroatoms. The highest BCUT2D eigenvalue weighted by atomic mass is 19.2. The predicted molar refractivity (Wildman–Crippen MR) is 78.3 cm³/mol. The molecule has 2 unspecified atom stereocenters. The fraction of sp³-hybridized carbons (Fsp3) is 0.588. The molecule has 0 radical (unpaired) electrons. The Labute approximate surface area is 128 Å². The highest BCUT2D eigenvalue weighted by molar-refractivity contribution is 5.78. The van der Waals surface area contributed by atoms with E-state index in [1.54, 1.807) is 6.07 Å². The van der Waals surface area contributed by atoms with Crippen molar-refractivity contribution >= 4 is 5.91 Å². The maximum Gasteiger partial charge on any atom is 0.223 e. The standard InChI is InChI=1S/C17H21F2NO2/c18-13-6-4-5-11(16(13)19)12-9-14(12)20-15(21)10-17(22)7-2-1-3-8-17/h4-6,12,14,22H,1-3,7-10H2,(H,20,21). The minimum Gasteiger partial charge on any atom is -0.389 e. The summed E-state index contributed by atoms with van der Waals surface area (Å²) in [7, 11) is 0. The fourth-order valence-electron chi connectivity index (χ4n) is 3.45. The van der Waals surface area contributed by atoms with Crippen LogP contribution in [0, 0.1) is 11.6 Å². The molecule has 0 heterocycles. The van der Waals surface area contributed by atoms with Gasteiger partial charge >= 0.3 is 0 Å². The number of nitrogens with one attached hydrogen (secondary N) is 1. The third-order valence-electron chi connectivity index (χ3n) is 4.79. The minimum atomic E-state index is -0.892. The number of carbonyl (C=O) groups excluding carboxylic acids is 1. The van der Waals surface area contributed by atoms with Gasteiger partial charge in [-0.05, 0) is 30.9 Å². The summed E-state index contributed by atoms with van der Waals surface area (Å²) in [5.74, 6) is -2.05. The van der Waals surface area contributed by atoms with Crippen molar-refractivity contribution in [3.8, 4) is 0 Å². The van der Waals surface area contributed by atoms with Gasteiger partial charge < -0.3 is 10.4 Å². The van der Waals surface area contributed by atoms with Crippen molar-refractivity contribution in [2.24, 2.45) is 0 Å². The molecule has 2 fully saturated rings. The van der Waals surface area contributed by atoms with E-state index in [2.05, 4.69) is 5.32 Å². The second-order valence-electron chi connectivity index (χ2n) is 6.62. The number of aliphatic hydroxyl groups is 1. The summed E-state index contributed by atoms with van der Waals surface area (Å²) < 4.78 is 26.9. The molecule has 1 aromatic rings. The molecule has 2 N–H and O–H groups in total. The Balaban J connectivity index is 1.55. The third kappa shape index (κ3) is 3.29. The average Bonchev–Trinajstić information content (AvgIpc) is 3.20. The number of rotatable bonds is 4. The monoisotopic (exact) mass is 309 g/mol. The van der Waals surface area contributed by atoms with E-state index >= 15 is 0 Å². The van der Waals surface area contributed by atoms with E-state index in [1.165, 1.54) is 6.07 Å². The van der Waals surface area contributed by atoms with Gasteiger partial charge in [-0.25, -0.2) is 8.78 Å². The van der Waals surface area contributed by atoms with Crippen molar-refractivity contribution in [2.45, 2.75) is 62.5 Å². The first kappa shape index (κ1) is 15.4. The predicted octanol–water partition coefficient (Wildman–Crippen LogP) is 3.02. The van der Waals surface area contributed by atoms with Crippen molar-refractivity contribution in [1.29, 1.82) is 0 Å². The number of hydrogen-bond acceptors (Lipinski definition) is 2. The van der Waals surface area contributed by atoms with Crippen LogP contribution >= 0.6 is 0 Å². The Kier molecular flexibility index (Phi) is 4.17. The second kappa shape index (κ2) is 5.95. The molecule has 2 saturated carbocycles. The molecule has 0 spiro atoms. The summed E-state index contributed by atoms with van der Waals surface area (Å²) in [6, 6.07) is 3.98. The van der Waals surface area contributed by atoms with Crippen molar-refractivity contribution in [2.75, 3.05) is 0 Å². The van der Waals surface area contributed by atoms with Gasteiger partial charge in [-0.2, -0.15) is 0 Å². The summed E-state index contributed by atoms with van der Waals surface area (Å²) >= 11 is 0. The number of amides is 1. The highest BCUT2D eigenvalue weighted by Gasteiger charge is 2.42. The lowest BCUT2D eigenvalue weighted by Crippen LogP contribution is -2.39. The van der Waals surface area contributed by atoms with Gasteiger partial charge in [0.15, 0.2) is 11.6 Å². The van der Waals surface area contributed by atoms with E-state index in [9.17, 15) is 18.7 Å². The smallest absolute Gasteiger partial charge is 0.223 e. The topological polar surface area (TPSA) is 49.3 Å². The summed E-state index contributed by atoms with van der Waals surface area (Å²) in [4.78, 5) is 12.1. The Morgan fingerprint density at radius 1 is 1.27 bits per heavy atom. The maximum atomic E-state index is 13.7. The summed E-state index contributed by atoms with van der Waals surface area (Å²) in [5, 5.41) is 13.2. The van der Waals surface area contributed by atoms with Crippen LogP contribution in [0.15, 0.2) is 18.2 Å². The first-order valence-corrected chi connectivity index (χ1v) is 7.94. The van der Waals surface area contributed by atoms with E-state index < -0.39 is 17.2 Å². The lowest BCUT2D eigenvalue weighted by molar-refractivity contribution is -0.127. The lowest BCUT2D eigenvalue weighted by atomic mass is 9.82. The van der Waals surface area contributed by atoms with E-state index in [0.29, 0.717) is 24.8 Å². The van der Waals surface area contributed by atoms with Gasteiger partial charge in [0.2, 0.25) is 5.91 Å². The zero-order valence-electron chi connectivity index (χ0n) is 12.4. The van der Waals surface area contributed by atoms with Crippen molar-refractivity contribution in [3.63, 3.8) is 0 Å². The third-order valence-corrected chi connectivity index (χ3v) is 4.79. The van der Waals surface area contributed by atoms with Gasteiger partial charge in [0.25, 0.3) is 0 Å². The largest absolute Gasteiger partial charge is 0.389 e. The van der Waals surface area contributed by atoms with Crippen LogP contribution in [0.3, 0.4) is 0 Å². The van der Waals surface area contributed by atoms with Gasteiger partial charge in [0.1, 0.15) is 0 Å². The number of hydrogen-bond donors (Lipinski definition) is 2. The van der Waals surface area contributed by atoms with Crippen LogP contribution in [-0.2, 0) is 4.79 Å². The fourth-order valence-corrected chi connectivity index (χ4v) is 3.45. The van der Waals surface area contributed by atoms with Crippen molar-refractivity contribution < 1.29 is 18.7 Å². The van der Waals surface area contributed by atoms with E-state index in [0.717, 1.165) is 25.3 Å². The number of halogens is 2. The molecular formula is C17H21F2NO2. The Bertz CT molecular complexity index is 570. The SMILES string of the molecule is O=C(CC1(O)CCCCC1)NC1CC1c1cccc(F)c1F. The zero-order chi connectivity index (χ0) is 15.7. The molecule has 0 bridgehead atoms. The quantitative estimate of drug-likeness (QED) is 0.898. The molecule has 120 valence electrons. The van der Waals surface area contributed by atoms with Crippen LogP contribution in [0.1, 0.15) is 56.4 Å². The first-order valence-electron chi connectivity index (χ1n) is 7.94. The van der Waals surface area contributed by atoms with E-state index in [-0.39, 0.29) is 24.3 Å². The van der Waals surface area contributed by atoms with Crippen molar-refractivity contribution in [3.05, 3.63) is 35.4 Å². The second-order valence-corrected chi connectivity index (χ2v) is 6.62. The molecule has 2 aliphatic carbocycles. The van der Waals surface area contributed by atoms with Crippen LogP contribution in [0.25, 0.3) is 0 Å². The van der Waals surface area contributed by atoms with Crippen LogP contribution in [0.5, 0.6) is 0 Å². The number of carbonyl (C=O) groups is 1. The zero-order valence-corrected chi connectivity index (χ0v) is 12.4. The van der Waals surface area contributed by atoms with Gasteiger partial charge in [0, 0.05) is 12.0 Å². The lowest BCUT2D eigenvalue weighted by Gasteiger charge is -2.31.